The quantitative estimate of drug-likeness (QED) is 0.453. The molecule has 0 radical (unpaired) electrons. The molecule has 4 aromatic rings. The summed E-state index contributed by atoms with van der Waals surface area (Å²) >= 11 is 0. The maximum absolute atomic E-state index is 13.6. The van der Waals surface area contributed by atoms with E-state index in [1.165, 1.54) is 5.56 Å². The van der Waals surface area contributed by atoms with Crippen LogP contribution in [0.3, 0.4) is 0 Å². The van der Waals surface area contributed by atoms with Gasteiger partial charge in [-0.2, -0.15) is 5.10 Å². The summed E-state index contributed by atoms with van der Waals surface area (Å²) in [5, 5.41) is 4.78. The molecular weight excluding hydrogens is 396 g/mol. The zero-order valence-electron chi connectivity index (χ0n) is 18.0. The molecule has 0 atom stereocenters. The summed E-state index contributed by atoms with van der Waals surface area (Å²) < 4.78 is 1.80. The minimum absolute atomic E-state index is 0.0529. The molecule has 0 aliphatic carbocycles. The summed E-state index contributed by atoms with van der Waals surface area (Å²) in [6.45, 7) is 1.56. The molecule has 1 saturated heterocycles. The van der Waals surface area contributed by atoms with Gasteiger partial charge in [-0.1, -0.05) is 48.5 Å². The van der Waals surface area contributed by atoms with Gasteiger partial charge in [0.25, 0.3) is 5.91 Å². The minimum atomic E-state index is 0.0529. The number of carbonyl (C=O) groups excluding carboxylic acids is 1. The highest BCUT2D eigenvalue weighted by Crippen LogP contribution is 2.27. The number of hydrogen-bond acceptors (Lipinski definition) is 3. The molecule has 160 valence electrons. The lowest BCUT2D eigenvalue weighted by atomic mass is 9.90. The smallest absolute Gasteiger partial charge is 0.257 e. The Morgan fingerprint density at radius 2 is 1.53 bits per heavy atom. The van der Waals surface area contributed by atoms with Gasteiger partial charge >= 0.3 is 0 Å². The average molecular weight is 423 g/mol. The molecule has 5 rings (SSSR count). The second-order valence-electron chi connectivity index (χ2n) is 8.33. The summed E-state index contributed by atoms with van der Waals surface area (Å²) in [6, 6.07) is 24.3. The van der Waals surface area contributed by atoms with E-state index in [4.69, 9.17) is 5.10 Å². The van der Waals surface area contributed by atoms with Gasteiger partial charge in [0.2, 0.25) is 0 Å². The van der Waals surface area contributed by atoms with Crippen LogP contribution in [0.25, 0.3) is 16.9 Å². The van der Waals surface area contributed by atoms with Crippen LogP contribution in [-0.4, -0.2) is 38.7 Å². The van der Waals surface area contributed by atoms with Gasteiger partial charge in [0.1, 0.15) is 5.69 Å². The number of hydrogen-bond donors (Lipinski definition) is 0. The molecule has 0 saturated carbocycles. The van der Waals surface area contributed by atoms with Gasteiger partial charge in [-0.15, -0.1) is 0 Å². The number of pyridine rings is 1. The van der Waals surface area contributed by atoms with Crippen molar-refractivity contribution in [2.24, 2.45) is 5.92 Å². The largest absolute Gasteiger partial charge is 0.339 e. The van der Waals surface area contributed by atoms with Crippen molar-refractivity contribution in [3.05, 3.63) is 103 Å². The van der Waals surface area contributed by atoms with E-state index >= 15 is 0 Å². The fraction of sp³-hybridized carbons (Fsp3) is 0.222. The molecule has 3 heterocycles. The van der Waals surface area contributed by atoms with Crippen LogP contribution in [0.4, 0.5) is 0 Å². The number of rotatable bonds is 5. The molecule has 2 aromatic heterocycles. The Kier molecular flexibility index (Phi) is 5.79. The molecular formula is C27H26N4O. The summed E-state index contributed by atoms with van der Waals surface area (Å²) in [5.74, 6) is 0.672. The van der Waals surface area contributed by atoms with Crippen LogP contribution < -0.4 is 0 Å². The van der Waals surface area contributed by atoms with Gasteiger partial charge in [0, 0.05) is 37.2 Å². The maximum atomic E-state index is 13.6. The number of carbonyl (C=O) groups is 1. The molecule has 1 fully saturated rings. The lowest BCUT2D eigenvalue weighted by molar-refractivity contribution is 0.0691. The van der Waals surface area contributed by atoms with Crippen molar-refractivity contribution in [1.82, 2.24) is 19.7 Å². The summed E-state index contributed by atoms with van der Waals surface area (Å²) in [7, 11) is 0. The number of nitrogens with zero attached hydrogens (tertiary/aromatic N) is 4. The Bertz CT molecular complexity index is 1160. The maximum Gasteiger partial charge on any atom is 0.257 e. The second kappa shape index (κ2) is 9.18. The highest BCUT2D eigenvalue weighted by atomic mass is 16.2. The van der Waals surface area contributed by atoms with Crippen molar-refractivity contribution in [3.63, 3.8) is 0 Å². The van der Waals surface area contributed by atoms with Crippen LogP contribution in [0, 0.1) is 5.92 Å². The first-order valence-corrected chi connectivity index (χ1v) is 11.2. The Balaban J connectivity index is 1.37. The number of likely N-dealkylation sites (tertiary alicyclic amines) is 1. The summed E-state index contributed by atoms with van der Waals surface area (Å²) in [5.41, 5.74) is 4.55. The van der Waals surface area contributed by atoms with Crippen molar-refractivity contribution in [3.8, 4) is 16.9 Å². The number of piperidine rings is 1. The Labute approximate surface area is 188 Å². The van der Waals surface area contributed by atoms with Crippen molar-refractivity contribution < 1.29 is 4.79 Å². The van der Waals surface area contributed by atoms with Crippen LogP contribution in [-0.2, 0) is 6.42 Å². The molecule has 5 nitrogen and oxygen atoms in total. The second-order valence-corrected chi connectivity index (χ2v) is 8.33. The lowest BCUT2D eigenvalue weighted by Gasteiger charge is -2.32. The molecule has 2 aromatic carbocycles. The van der Waals surface area contributed by atoms with E-state index in [0.717, 1.165) is 43.6 Å². The number of amides is 1. The van der Waals surface area contributed by atoms with Crippen molar-refractivity contribution >= 4 is 5.91 Å². The number of benzene rings is 2. The third kappa shape index (κ3) is 4.33. The van der Waals surface area contributed by atoms with Crippen LogP contribution in [0.1, 0.15) is 28.8 Å². The van der Waals surface area contributed by atoms with Crippen LogP contribution in [0.5, 0.6) is 0 Å². The van der Waals surface area contributed by atoms with E-state index < -0.39 is 0 Å². The third-order valence-corrected chi connectivity index (χ3v) is 6.19. The Morgan fingerprint density at radius 1 is 0.875 bits per heavy atom. The predicted molar refractivity (Wildman–Crippen MR) is 126 cm³/mol. The highest BCUT2D eigenvalue weighted by Gasteiger charge is 2.27. The molecule has 0 unspecified atom stereocenters. The molecule has 1 amide bonds. The summed E-state index contributed by atoms with van der Waals surface area (Å²) in [6.07, 6.45) is 8.47. The topological polar surface area (TPSA) is 51.0 Å². The first-order chi connectivity index (χ1) is 15.8. The minimum Gasteiger partial charge on any atom is -0.339 e. The van der Waals surface area contributed by atoms with Crippen LogP contribution >= 0.6 is 0 Å². The number of para-hydroxylation sites is 1. The van der Waals surface area contributed by atoms with Crippen LogP contribution in [0.2, 0.25) is 0 Å². The van der Waals surface area contributed by atoms with E-state index in [-0.39, 0.29) is 5.91 Å². The molecule has 0 N–H and O–H groups in total. The van der Waals surface area contributed by atoms with Crippen LogP contribution in [0.15, 0.2) is 91.4 Å². The van der Waals surface area contributed by atoms with E-state index in [2.05, 4.69) is 35.3 Å². The fourth-order valence-electron chi connectivity index (χ4n) is 4.42. The SMILES string of the molecule is O=C(c1cn(-c2ccccc2)nc1-c1ccncc1)N1CCC(Cc2ccccc2)CC1. The Hall–Kier alpha value is -3.73. The van der Waals surface area contributed by atoms with Gasteiger partial charge < -0.3 is 4.90 Å². The normalized spacial score (nSPS) is 14.4. The fourth-order valence-corrected chi connectivity index (χ4v) is 4.42. The van der Waals surface area contributed by atoms with E-state index in [1.807, 2.05) is 53.6 Å². The molecule has 32 heavy (non-hydrogen) atoms. The molecule has 0 bridgehead atoms. The summed E-state index contributed by atoms with van der Waals surface area (Å²) in [4.78, 5) is 19.7. The highest BCUT2D eigenvalue weighted by molar-refractivity contribution is 6.00. The van der Waals surface area contributed by atoms with Crippen molar-refractivity contribution in [2.75, 3.05) is 13.1 Å². The lowest BCUT2D eigenvalue weighted by Crippen LogP contribution is -2.39. The van der Waals surface area contributed by atoms with Gasteiger partial charge in [-0.05, 0) is 55.0 Å². The first-order valence-electron chi connectivity index (χ1n) is 11.2. The first kappa shape index (κ1) is 20.2. The zero-order valence-corrected chi connectivity index (χ0v) is 18.0. The number of aromatic nitrogens is 3. The Morgan fingerprint density at radius 3 is 2.22 bits per heavy atom. The van der Waals surface area contributed by atoms with E-state index in [1.54, 1.807) is 17.1 Å². The molecule has 1 aliphatic rings. The predicted octanol–water partition coefficient (Wildman–Crippen LogP) is 5.03. The van der Waals surface area contributed by atoms with Crippen molar-refractivity contribution in [1.29, 1.82) is 0 Å². The van der Waals surface area contributed by atoms with Gasteiger partial charge in [-0.25, -0.2) is 4.68 Å². The van der Waals surface area contributed by atoms with E-state index in [9.17, 15) is 4.79 Å². The third-order valence-electron chi connectivity index (χ3n) is 6.19. The average Bonchev–Trinajstić information content (AvgIpc) is 3.31. The van der Waals surface area contributed by atoms with Gasteiger partial charge in [0.05, 0.1) is 11.3 Å². The zero-order chi connectivity index (χ0) is 21.8. The molecule has 1 aliphatic heterocycles. The van der Waals surface area contributed by atoms with Crippen molar-refractivity contribution in [2.45, 2.75) is 19.3 Å². The monoisotopic (exact) mass is 422 g/mol. The molecule has 5 heteroatoms. The van der Waals surface area contributed by atoms with Gasteiger partial charge in [-0.3, -0.25) is 9.78 Å². The molecule has 0 spiro atoms. The van der Waals surface area contributed by atoms with E-state index in [0.29, 0.717) is 17.2 Å². The van der Waals surface area contributed by atoms with Gasteiger partial charge in [0.15, 0.2) is 0 Å². The standard InChI is InChI=1S/C27H26N4O/c32-27(30-17-13-22(14-18-30)19-21-7-3-1-4-8-21)25-20-31(24-9-5-2-6-10-24)29-26(25)23-11-15-28-16-12-23/h1-12,15-16,20,22H,13-14,17-19H2.